The first kappa shape index (κ1) is 10.4. The molecule has 1 saturated heterocycles. The zero-order chi connectivity index (χ0) is 10.8. The van der Waals surface area contributed by atoms with E-state index in [1.54, 1.807) is 6.07 Å². The average molecular weight is 208 g/mol. The SMILES string of the molecule is CC(C)c1cc(=O)[nH]c(C2CCCO2)n1. The highest BCUT2D eigenvalue weighted by Crippen LogP contribution is 2.25. The first-order valence-corrected chi connectivity index (χ1v) is 5.39. The Morgan fingerprint density at radius 3 is 3.00 bits per heavy atom. The standard InChI is InChI=1S/C11H16N2O2/c1-7(2)8-6-10(14)13-11(12-8)9-4-3-5-15-9/h6-7,9H,3-5H2,1-2H3,(H,12,13,14). The van der Waals surface area contributed by atoms with Crippen molar-refractivity contribution in [3.8, 4) is 0 Å². The minimum Gasteiger partial charge on any atom is -0.370 e. The predicted octanol–water partition coefficient (Wildman–Crippen LogP) is 1.74. The summed E-state index contributed by atoms with van der Waals surface area (Å²) in [5.41, 5.74) is 0.753. The van der Waals surface area contributed by atoms with Crippen LogP contribution in [-0.4, -0.2) is 16.6 Å². The van der Waals surface area contributed by atoms with Crippen molar-refractivity contribution < 1.29 is 4.74 Å². The zero-order valence-corrected chi connectivity index (χ0v) is 9.12. The summed E-state index contributed by atoms with van der Waals surface area (Å²) in [6.07, 6.45) is 1.97. The van der Waals surface area contributed by atoms with Gasteiger partial charge < -0.3 is 9.72 Å². The van der Waals surface area contributed by atoms with E-state index in [0.29, 0.717) is 5.82 Å². The highest BCUT2D eigenvalue weighted by atomic mass is 16.5. The number of nitrogens with zero attached hydrogens (tertiary/aromatic N) is 1. The Bertz CT molecular complexity index is 392. The van der Waals surface area contributed by atoms with E-state index in [-0.39, 0.29) is 17.6 Å². The van der Waals surface area contributed by atoms with E-state index >= 15 is 0 Å². The van der Waals surface area contributed by atoms with Gasteiger partial charge in [0, 0.05) is 12.7 Å². The van der Waals surface area contributed by atoms with E-state index < -0.39 is 0 Å². The molecule has 1 N–H and O–H groups in total. The first-order valence-electron chi connectivity index (χ1n) is 5.39. The molecule has 1 fully saturated rings. The second-order valence-corrected chi connectivity index (χ2v) is 4.21. The molecule has 0 amide bonds. The van der Waals surface area contributed by atoms with Crippen LogP contribution in [-0.2, 0) is 4.74 Å². The van der Waals surface area contributed by atoms with E-state index in [0.717, 1.165) is 25.1 Å². The van der Waals surface area contributed by atoms with Gasteiger partial charge in [0.05, 0.1) is 5.69 Å². The number of H-pyrrole nitrogens is 1. The molecule has 1 aromatic heterocycles. The number of aromatic amines is 1. The van der Waals surface area contributed by atoms with E-state index in [1.807, 2.05) is 13.8 Å². The lowest BCUT2D eigenvalue weighted by molar-refractivity contribution is 0.104. The molecular formula is C11H16N2O2. The Morgan fingerprint density at radius 1 is 1.60 bits per heavy atom. The summed E-state index contributed by atoms with van der Waals surface area (Å²) in [5, 5.41) is 0. The van der Waals surface area contributed by atoms with Gasteiger partial charge in [0.25, 0.3) is 5.56 Å². The molecule has 0 spiro atoms. The third kappa shape index (κ3) is 2.26. The molecule has 4 heteroatoms. The van der Waals surface area contributed by atoms with E-state index in [1.165, 1.54) is 0 Å². The maximum Gasteiger partial charge on any atom is 0.251 e. The minimum atomic E-state index is -0.0841. The molecule has 0 aromatic carbocycles. The van der Waals surface area contributed by atoms with Gasteiger partial charge in [-0.05, 0) is 18.8 Å². The smallest absolute Gasteiger partial charge is 0.251 e. The molecule has 0 aliphatic carbocycles. The van der Waals surface area contributed by atoms with Gasteiger partial charge in [-0.3, -0.25) is 4.79 Å². The number of ether oxygens (including phenoxy) is 1. The Kier molecular flexibility index (Phi) is 2.86. The van der Waals surface area contributed by atoms with Crippen molar-refractivity contribution in [2.45, 2.75) is 38.7 Å². The molecular weight excluding hydrogens is 192 g/mol. The number of hydrogen-bond donors (Lipinski definition) is 1. The van der Waals surface area contributed by atoms with Crippen LogP contribution in [0.1, 0.15) is 50.2 Å². The van der Waals surface area contributed by atoms with Gasteiger partial charge in [-0.15, -0.1) is 0 Å². The van der Waals surface area contributed by atoms with Crippen LogP contribution in [0.5, 0.6) is 0 Å². The second kappa shape index (κ2) is 4.14. The molecule has 0 radical (unpaired) electrons. The second-order valence-electron chi connectivity index (χ2n) is 4.21. The number of hydrogen-bond acceptors (Lipinski definition) is 3. The fourth-order valence-corrected chi connectivity index (χ4v) is 1.74. The van der Waals surface area contributed by atoms with E-state index in [4.69, 9.17) is 4.74 Å². The van der Waals surface area contributed by atoms with Gasteiger partial charge in [0.15, 0.2) is 0 Å². The molecule has 2 rings (SSSR count). The topological polar surface area (TPSA) is 55.0 Å². The molecule has 1 aromatic rings. The quantitative estimate of drug-likeness (QED) is 0.805. The summed E-state index contributed by atoms with van der Waals surface area (Å²) < 4.78 is 5.50. The zero-order valence-electron chi connectivity index (χ0n) is 9.12. The Balaban J connectivity index is 2.34. The Morgan fingerprint density at radius 2 is 2.40 bits per heavy atom. The molecule has 1 unspecified atom stereocenters. The van der Waals surface area contributed by atoms with Gasteiger partial charge in [-0.2, -0.15) is 0 Å². The molecule has 15 heavy (non-hydrogen) atoms. The van der Waals surface area contributed by atoms with Crippen molar-refractivity contribution in [1.29, 1.82) is 0 Å². The molecule has 2 heterocycles. The fraction of sp³-hybridized carbons (Fsp3) is 0.636. The maximum atomic E-state index is 11.4. The van der Waals surface area contributed by atoms with Crippen molar-refractivity contribution in [3.05, 3.63) is 27.9 Å². The highest BCUT2D eigenvalue weighted by Gasteiger charge is 2.20. The van der Waals surface area contributed by atoms with E-state index in [9.17, 15) is 4.79 Å². The van der Waals surface area contributed by atoms with Gasteiger partial charge in [-0.1, -0.05) is 13.8 Å². The summed E-state index contributed by atoms with van der Waals surface area (Å²) in [7, 11) is 0. The third-order valence-electron chi connectivity index (χ3n) is 2.61. The normalized spacial score (nSPS) is 21.1. The third-order valence-corrected chi connectivity index (χ3v) is 2.61. The minimum absolute atomic E-state index is 0.0172. The summed E-state index contributed by atoms with van der Waals surface area (Å²) >= 11 is 0. The predicted molar refractivity (Wildman–Crippen MR) is 56.9 cm³/mol. The van der Waals surface area contributed by atoms with Crippen LogP contribution in [0, 0.1) is 0 Å². The molecule has 1 aliphatic rings. The number of rotatable bonds is 2. The highest BCUT2D eigenvalue weighted by molar-refractivity contribution is 5.08. The largest absolute Gasteiger partial charge is 0.370 e. The first-order chi connectivity index (χ1) is 7.16. The summed E-state index contributed by atoms with van der Waals surface area (Å²) in [6, 6.07) is 1.56. The molecule has 82 valence electrons. The Hall–Kier alpha value is -1.16. The molecule has 4 nitrogen and oxygen atoms in total. The van der Waals surface area contributed by atoms with Gasteiger partial charge in [-0.25, -0.2) is 4.98 Å². The van der Waals surface area contributed by atoms with Crippen molar-refractivity contribution >= 4 is 0 Å². The molecule has 0 saturated carbocycles. The lowest BCUT2D eigenvalue weighted by Gasteiger charge is -2.11. The molecule has 0 bridgehead atoms. The van der Waals surface area contributed by atoms with Crippen LogP contribution in [0.2, 0.25) is 0 Å². The maximum absolute atomic E-state index is 11.4. The van der Waals surface area contributed by atoms with Crippen LogP contribution in [0.25, 0.3) is 0 Å². The Labute approximate surface area is 88.7 Å². The summed E-state index contributed by atoms with van der Waals surface area (Å²) in [6.45, 7) is 4.82. The monoisotopic (exact) mass is 208 g/mol. The number of aromatic nitrogens is 2. The van der Waals surface area contributed by atoms with Crippen LogP contribution in [0.4, 0.5) is 0 Å². The number of nitrogens with one attached hydrogen (secondary N) is 1. The van der Waals surface area contributed by atoms with Crippen LogP contribution < -0.4 is 5.56 Å². The van der Waals surface area contributed by atoms with Gasteiger partial charge in [0.1, 0.15) is 11.9 Å². The van der Waals surface area contributed by atoms with Crippen molar-refractivity contribution in [1.82, 2.24) is 9.97 Å². The van der Waals surface area contributed by atoms with Gasteiger partial charge >= 0.3 is 0 Å². The van der Waals surface area contributed by atoms with Crippen molar-refractivity contribution in [3.63, 3.8) is 0 Å². The molecule has 1 atom stereocenters. The van der Waals surface area contributed by atoms with Crippen molar-refractivity contribution in [2.75, 3.05) is 6.61 Å². The average Bonchev–Trinajstić information content (AvgIpc) is 2.69. The van der Waals surface area contributed by atoms with Gasteiger partial charge in [0.2, 0.25) is 0 Å². The summed E-state index contributed by atoms with van der Waals surface area (Å²) in [5.74, 6) is 0.955. The fourth-order valence-electron chi connectivity index (χ4n) is 1.74. The van der Waals surface area contributed by atoms with Crippen LogP contribution in [0.3, 0.4) is 0 Å². The van der Waals surface area contributed by atoms with E-state index in [2.05, 4.69) is 9.97 Å². The summed E-state index contributed by atoms with van der Waals surface area (Å²) in [4.78, 5) is 18.6. The van der Waals surface area contributed by atoms with Crippen LogP contribution >= 0.6 is 0 Å². The lowest BCUT2D eigenvalue weighted by Crippen LogP contribution is -2.16. The van der Waals surface area contributed by atoms with Crippen molar-refractivity contribution in [2.24, 2.45) is 0 Å². The van der Waals surface area contributed by atoms with Crippen LogP contribution in [0.15, 0.2) is 10.9 Å². The lowest BCUT2D eigenvalue weighted by atomic mass is 10.1. The molecule has 1 aliphatic heterocycles.